The van der Waals surface area contributed by atoms with Crippen LogP contribution in [0.15, 0.2) is 48.1 Å². The lowest BCUT2D eigenvalue weighted by atomic mass is 10.1. The van der Waals surface area contributed by atoms with Crippen LogP contribution in [0.2, 0.25) is 0 Å². The van der Waals surface area contributed by atoms with Crippen LogP contribution in [0.1, 0.15) is 13.3 Å². The quantitative estimate of drug-likeness (QED) is 0.576. The summed E-state index contributed by atoms with van der Waals surface area (Å²) in [6, 6.07) is 0. The van der Waals surface area contributed by atoms with Gasteiger partial charge in [0.1, 0.15) is 0 Å². The van der Waals surface area contributed by atoms with Crippen LogP contribution in [-0.4, -0.2) is 5.78 Å². The van der Waals surface area contributed by atoms with Gasteiger partial charge in [-0.2, -0.15) is 0 Å². The van der Waals surface area contributed by atoms with E-state index in [0.717, 1.165) is 12.0 Å². The fourth-order valence-corrected chi connectivity index (χ4v) is 0.969. The Balaban J connectivity index is 2.84. The van der Waals surface area contributed by atoms with Crippen LogP contribution in [0.4, 0.5) is 0 Å². The summed E-state index contributed by atoms with van der Waals surface area (Å²) in [5.41, 5.74) is 0.784. The van der Waals surface area contributed by atoms with E-state index in [4.69, 9.17) is 0 Å². The molecule has 62 valence electrons. The molecule has 0 aromatic rings. The van der Waals surface area contributed by atoms with Gasteiger partial charge >= 0.3 is 0 Å². The molecule has 0 spiro atoms. The zero-order valence-electron chi connectivity index (χ0n) is 7.16. The van der Waals surface area contributed by atoms with Gasteiger partial charge < -0.3 is 0 Å². The molecule has 0 aliphatic heterocycles. The van der Waals surface area contributed by atoms with E-state index in [1.807, 2.05) is 42.5 Å². The Labute approximate surface area is 72.8 Å². The lowest BCUT2D eigenvalue weighted by Crippen LogP contribution is -1.92. The molecule has 1 aliphatic rings. The van der Waals surface area contributed by atoms with Crippen molar-refractivity contribution in [2.24, 2.45) is 0 Å². The molecule has 1 rings (SSSR count). The van der Waals surface area contributed by atoms with Crippen LogP contribution in [0.25, 0.3) is 0 Å². The third-order valence-corrected chi connectivity index (χ3v) is 1.63. The number of carbonyl (C=O) groups is 1. The van der Waals surface area contributed by atoms with Gasteiger partial charge in [-0.1, -0.05) is 42.5 Å². The maximum atomic E-state index is 11.0. The third-order valence-electron chi connectivity index (χ3n) is 1.63. The van der Waals surface area contributed by atoms with Gasteiger partial charge in [0.15, 0.2) is 5.78 Å². The highest BCUT2D eigenvalue weighted by Gasteiger charge is 1.96. The zero-order valence-corrected chi connectivity index (χ0v) is 7.16. The molecule has 0 saturated carbocycles. The molecule has 0 atom stereocenters. The first-order valence-corrected chi connectivity index (χ1v) is 4.01. The van der Waals surface area contributed by atoms with E-state index >= 15 is 0 Å². The highest BCUT2D eigenvalue weighted by molar-refractivity contribution is 5.96. The second kappa shape index (κ2) is 4.50. The number of hydrogen-bond acceptors (Lipinski definition) is 1. The highest BCUT2D eigenvalue weighted by atomic mass is 16.1. The van der Waals surface area contributed by atoms with Crippen molar-refractivity contribution in [1.29, 1.82) is 0 Å². The third kappa shape index (κ3) is 2.70. The first-order valence-electron chi connectivity index (χ1n) is 4.01. The van der Waals surface area contributed by atoms with Gasteiger partial charge in [0.05, 0.1) is 0 Å². The molecule has 0 aromatic heterocycles. The Hall–Kier alpha value is -1.37. The molecule has 0 saturated heterocycles. The van der Waals surface area contributed by atoms with E-state index in [0.29, 0.717) is 0 Å². The second-order valence-electron chi connectivity index (χ2n) is 2.62. The molecule has 0 radical (unpaired) electrons. The molecular weight excluding hydrogens is 148 g/mol. The summed E-state index contributed by atoms with van der Waals surface area (Å²) in [4.78, 5) is 11.0. The topological polar surface area (TPSA) is 17.1 Å². The molecule has 0 fully saturated rings. The normalized spacial score (nSPS) is 28.6. The molecule has 0 aromatic carbocycles. The Morgan fingerprint density at radius 3 is 2.75 bits per heavy atom. The standard InChI is InChI=1S/C11H12O/c1-10(12)11-8-6-4-2-3-5-7-9-11/h2-6,8-9H,7H2,1H3/b4-2-,5-3-,8-6-,11-9+. The lowest BCUT2D eigenvalue weighted by Gasteiger charge is -1.92. The molecule has 1 nitrogen and oxygen atoms in total. The predicted octanol–water partition coefficient (Wildman–Crippen LogP) is 2.57. The monoisotopic (exact) mass is 160 g/mol. The molecule has 0 N–H and O–H groups in total. The molecule has 1 aliphatic carbocycles. The minimum Gasteiger partial charge on any atom is -0.295 e. The van der Waals surface area contributed by atoms with Crippen LogP contribution in [-0.2, 0) is 4.79 Å². The Kier molecular flexibility index (Phi) is 3.27. The first-order chi connectivity index (χ1) is 5.80. The van der Waals surface area contributed by atoms with Gasteiger partial charge in [0.25, 0.3) is 0 Å². The van der Waals surface area contributed by atoms with Crippen molar-refractivity contribution in [3.63, 3.8) is 0 Å². The number of carbonyl (C=O) groups excluding carboxylic acids is 1. The molecule has 0 unspecified atom stereocenters. The molecule has 1 heteroatoms. The molecule has 0 heterocycles. The Bertz CT molecular complexity index is 277. The van der Waals surface area contributed by atoms with Crippen molar-refractivity contribution in [2.45, 2.75) is 13.3 Å². The summed E-state index contributed by atoms with van der Waals surface area (Å²) in [5, 5.41) is 0. The fraction of sp³-hybridized carbons (Fsp3) is 0.182. The average molecular weight is 160 g/mol. The number of hydrogen-bond donors (Lipinski definition) is 0. The smallest absolute Gasteiger partial charge is 0.159 e. The van der Waals surface area contributed by atoms with Crippen molar-refractivity contribution < 1.29 is 4.79 Å². The summed E-state index contributed by atoms with van der Waals surface area (Å²) in [6.45, 7) is 1.58. The van der Waals surface area contributed by atoms with Crippen LogP contribution in [0.5, 0.6) is 0 Å². The molecule has 12 heavy (non-hydrogen) atoms. The highest BCUT2D eigenvalue weighted by Crippen LogP contribution is 2.03. The summed E-state index contributed by atoms with van der Waals surface area (Å²) in [6.07, 6.45) is 14.3. The Morgan fingerprint density at radius 2 is 2.00 bits per heavy atom. The van der Waals surface area contributed by atoms with E-state index in [1.165, 1.54) is 0 Å². The van der Waals surface area contributed by atoms with Gasteiger partial charge in [-0.05, 0) is 13.3 Å². The van der Waals surface area contributed by atoms with Crippen molar-refractivity contribution >= 4 is 5.78 Å². The summed E-state index contributed by atoms with van der Waals surface area (Å²) < 4.78 is 0. The largest absolute Gasteiger partial charge is 0.295 e. The molecular formula is C11H12O. The minimum atomic E-state index is 0.120. The van der Waals surface area contributed by atoms with Gasteiger partial charge in [-0.15, -0.1) is 0 Å². The fourth-order valence-electron chi connectivity index (χ4n) is 0.969. The van der Waals surface area contributed by atoms with Crippen molar-refractivity contribution in [3.05, 3.63) is 48.1 Å². The lowest BCUT2D eigenvalue weighted by molar-refractivity contribution is -0.113. The number of allylic oxidation sites excluding steroid dienone is 8. The van der Waals surface area contributed by atoms with Crippen LogP contribution >= 0.6 is 0 Å². The van der Waals surface area contributed by atoms with E-state index in [1.54, 1.807) is 6.92 Å². The number of Topliss-reactive ketones (excluding diaryl/α,β-unsaturated/α-hetero) is 1. The van der Waals surface area contributed by atoms with E-state index in [-0.39, 0.29) is 5.78 Å². The molecule has 0 bridgehead atoms. The second-order valence-corrected chi connectivity index (χ2v) is 2.62. The maximum Gasteiger partial charge on any atom is 0.159 e. The van der Waals surface area contributed by atoms with Crippen LogP contribution in [0, 0.1) is 0 Å². The van der Waals surface area contributed by atoms with Crippen molar-refractivity contribution in [2.75, 3.05) is 0 Å². The first kappa shape index (κ1) is 8.72. The number of rotatable bonds is 1. The number of ketones is 1. The van der Waals surface area contributed by atoms with Gasteiger partial charge in [-0.3, -0.25) is 4.79 Å². The van der Waals surface area contributed by atoms with E-state index < -0.39 is 0 Å². The van der Waals surface area contributed by atoms with Crippen LogP contribution in [0.3, 0.4) is 0 Å². The zero-order chi connectivity index (χ0) is 8.81. The Morgan fingerprint density at radius 1 is 1.25 bits per heavy atom. The van der Waals surface area contributed by atoms with Gasteiger partial charge in [0.2, 0.25) is 0 Å². The van der Waals surface area contributed by atoms with E-state index in [2.05, 4.69) is 0 Å². The minimum absolute atomic E-state index is 0.120. The molecule has 0 amide bonds. The average Bonchev–Trinajstić information content (AvgIpc) is 2.15. The predicted molar refractivity (Wildman–Crippen MR) is 50.8 cm³/mol. The van der Waals surface area contributed by atoms with Gasteiger partial charge in [0, 0.05) is 5.57 Å². The summed E-state index contributed by atoms with van der Waals surface area (Å²) in [5.74, 6) is 0.120. The maximum absolute atomic E-state index is 11.0. The van der Waals surface area contributed by atoms with Crippen molar-refractivity contribution in [1.82, 2.24) is 0 Å². The SMILES string of the molecule is CC(=O)C1=C\C\C=C/C=C\C=C/1. The van der Waals surface area contributed by atoms with E-state index in [9.17, 15) is 4.79 Å². The summed E-state index contributed by atoms with van der Waals surface area (Å²) >= 11 is 0. The summed E-state index contributed by atoms with van der Waals surface area (Å²) in [7, 11) is 0. The van der Waals surface area contributed by atoms with Gasteiger partial charge in [-0.25, -0.2) is 0 Å². The van der Waals surface area contributed by atoms with Crippen LogP contribution < -0.4 is 0 Å². The van der Waals surface area contributed by atoms with Crippen molar-refractivity contribution in [3.8, 4) is 0 Å².